The van der Waals surface area contributed by atoms with E-state index in [2.05, 4.69) is 15.0 Å². The molecule has 0 unspecified atom stereocenters. The maximum absolute atomic E-state index is 12.5. The van der Waals surface area contributed by atoms with E-state index >= 15 is 0 Å². The Hall–Kier alpha value is -1.77. The molecule has 1 heterocycles. The van der Waals surface area contributed by atoms with E-state index in [1.807, 2.05) is 20.8 Å². The molecule has 1 amide bonds. The van der Waals surface area contributed by atoms with Crippen LogP contribution in [0.25, 0.3) is 0 Å². The minimum atomic E-state index is -3.77. The van der Waals surface area contributed by atoms with Crippen LogP contribution in [0.15, 0.2) is 40.7 Å². The zero-order valence-corrected chi connectivity index (χ0v) is 15.4. The highest BCUT2D eigenvalue weighted by Crippen LogP contribution is 2.16. The second kappa shape index (κ2) is 7.87. The van der Waals surface area contributed by atoms with Gasteiger partial charge in [0.15, 0.2) is 5.13 Å². The second-order valence-corrected chi connectivity index (χ2v) is 8.55. The lowest BCUT2D eigenvalue weighted by Gasteiger charge is -2.19. The molecule has 6 nitrogen and oxygen atoms in total. The van der Waals surface area contributed by atoms with E-state index in [0.29, 0.717) is 11.6 Å². The highest BCUT2D eigenvalue weighted by Gasteiger charge is 2.27. The molecule has 24 heavy (non-hydrogen) atoms. The Bertz CT molecular complexity index is 769. The first kappa shape index (κ1) is 18.6. The van der Waals surface area contributed by atoms with E-state index in [1.165, 1.54) is 23.5 Å². The number of benzene rings is 1. The minimum absolute atomic E-state index is 0.143. The zero-order valence-electron chi connectivity index (χ0n) is 13.8. The van der Waals surface area contributed by atoms with Gasteiger partial charge in [-0.15, -0.1) is 11.3 Å². The van der Waals surface area contributed by atoms with Crippen molar-refractivity contribution in [3.63, 3.8) is 0 Å². The Morgan fingerprint density at radius 1 is 1.25 bits per heavy atom. The highest BCUT2D eigenvalue weighted by molar-refractivity contribution is 7.89. The number of amides is 1. The minimum Gasteiger partial charge on any atom is -0.301 e. The summed E-state index contributed by atoms with van der Waals surface area (Å²) in [5, 5.41) is 4.84. The van der Waals surface area contributed by atoms with Crippen molar-refractivity contribution in [3.8, 4) is 0 Å². The van der Waals surface area contributed by atoms with Gasteiger partial charge in [-0.3, -0.25) is 4.79 Å². The van der Waals surface area contributed by atoms with Crippen LogP contribution in [0, 0.1) is 12.8 Å². The van der Waals surface area contributed by atoms with Crippen molar-refractivity contribution >= 4 is 32.4 Å². The van der Waals surface area contributed by atoms with E-state index in [-0.39, 0.29) is 10.8 Å². The quantitative estimate of drug-likeness (QED) is 0.788. The van der Waals surface area contributed by atoms with E-state index in [1.54, 1.807) is 23.7 Å². The van der Waals surface area contributed by atoms with Crippen molar-refractivity contribution in [1.82, 2.24) is 9.71 Å². The first-order valence-electron chi connectivity index (χ1n) is 7.57. The van der Waals surface area contributed by atoms with Crippen LogP contribution >= 0.6 is 11.3 Å². The monoisotopic (exact) mass is 367 g/mol. The number of hydrogen-bond donors (Lipinski definition) is 2. The molecule has 0 bridgehead atoms. The fraction of sp³-hybridized carbons (Fsp3) is 0.375. The van der Waals surface area contributed by atoms with E-state index < -0.39 is 22.0 Å². The van der Waals surface area contributed by atoms with Gasteiger partial charge in [0.25, 0.3) is 0 Å². The average molecular weight is 367 g/mol. The maximum atomic E-state index is 12.5. The first-order valence-corrected chi connectivity index (χ1v) is 9.93. The molecule has 0 radical (unpaired) electrons. The fourth-order valence-electron chi connectivity index (χ4n) is 2.13. The van der Waals surface area contributed by atoms with Crippen molar-refractivity contribution < 1.29 is 13.2 Å². The molecular formula is C16H21N3O3S2. The van der Waals surface area contributed by atoms with Gasteiger partial charge in [-0.05, 0) is 31.4 Å². The van der Waals surface area contributed by atoms with Crippen LogP contribution in [-0.2, 0) is 14.8 Å². The van der Waals surface area contributed by atoms with Gasteiger partial charge in [0.1, 0.15) is 6.04 Å². The van der Waals surface area contributed by atoms with Gasteiger partial charge in [0, 0.05) is 11.6 Å². The predicted octanol–water partition coefficient (Wildman–Crippen LogP) is 2.78. The Kier molecular flexibility index (Phi) is 6.09. The zero-order chi connectivity index (χ0) is 17.7. The first-order chi connectivity index (χ1) is 11.3. The summed E-state index contributed by atoms with van der Waals surface area (Å²) in [5.41, 5.74) is 0.967. The predicted molar refractivity (Wildman–Crippen MR) is 95.5 cm³/mol. The molecular weight excluding hydrogens is 346 g/mol. The third-order valence-electron chi connectivity index (χ3n) is 3.31. The number of thiazole rings is 1. The smallest absolute Gasteiger partial charge is 0.244 e. The SMILES string of the molecule is Cc1ccc(S(=O)(=O)N[C@H](CC(C)C)C(=O)Nc2nccs2)cc1. The van der Waals surface area contributed by atoms with Gasteiger partial charge >= 0.3 is 0 Å². The third kappa shape index (κ3) is 5.12. The molecule has 1 aromatic carbocycles. The van der Waals surface area contributed by atoms with Gasteiger partial charge in [0.05, 0.1) is 4.90 Å². The lowest BCUT2D eigenvalue weighted by atomic mass is 10.0. The Balaban J connectivity index is 2.18. The molecule has 0 saturated carbocycles. The number of carbonyl (C=O) groups is 1. The summed E-state index contributed by atoms with van der Waals surface area (Å²) in [6.07, 6.45) is 1.97. The van der Waals surface area contributed by atoms with E-state index in [9.17, 15) is 13.2 Å². The van der Waals surface area contributed by atoms with Crippen LogP contribution in [0.2, 0.25) is 0 Å². The number of anilines is 1. The third-order valence-corrected chi connectivity index (χ3v) is 5.49. The molecule has 0 fully saturated rings. The van der Waals surface area contributed by atoms with Crippen molar-refractivity contribution in [3.05, 3.63) is 41.4 Å². The molecule has 8 heteroatoms. The number of rotatable bonds is 7. The highest BCUT2D eigenvalue weighted by atomic mass is 32.2. The summed E-state index contributed by atoms with van der Waals surface area (Å²) in [5.74, 6) is -0.257. The molecule has 130 valence electrons. The van der Waals surface area contributed by atoms with Crippen molar-refractivity contribution in [1.29, 1.82) is 0 Å². The molecule has 0 aliphatic carbocycles. The number of nitrogens with one attached hydrogen (secondary N) is 2. The maximum Gasteiger partial charge on any atom is 0.244 e. The largest absolute Gasteiger partial charge is 0.301 e. The number of aromatic nitrogens is 1. The number of sulfonamides is 1. The van der Waals surface area contributed by atoms with Gasteiger partial charge in [-0.1, -0.05) is 31.5 Å². The van der Waals surface area contributed by atoms with Gasteiger partial charge in [-0.2, -0.15) is 4.72 Å². The van der Waals surface area contributed by atoms with Crippen molar-refractivity contribution in [2.45, 2.75) is 38.1 Å². The Labute approximate surface area is 146 Å². The van der Waals surface area contributed by atoms with Crippen LogP contribution in [-0.4, -0.2) is 25.4 Å². The molecule has 1 aromatic heterocycles. The van der Waals surface area contributed by atoms with Crippen LogP contribution in [0.3, 0.4) is 0 Å². The van der Waals surface area contributed by atoms with Crippen LogP contribution in [0.5, 0.6) is 0 Å². The topological polar surface area (TPSA) is 88.2 Å². The normalized spacial score (nSPS) is 13.0. The molecule has 0 saturated heterocycles. The summed E-state index contributed by atoms with van der Waals surface area (Å²) < 4.78 is 27.6. The summed E-state index contributed by atoms with van der Waals surface area (Å²) in [6, 6.07) is 5.65. The summed E-state index contributed by atoms with van der Waals surface area (Å²) in [7, 11) is -3.77. The van der Waals surface area contributed by atoms with Crippen LogP contribution in [0.4, 0.5) is 5.13 Å². The van der Waals surface area contributed by atoms with Gasteiger partial charge in [0.2, 0.25) is 15.9 Å². The summed E-state index contributed by atoms with van der Waals surface area (Å²) in [6.45, 7) is 5.75. The van der Waals surface area contributed by atoms with Crippen LogP contribution < -0.4 is 10.0 Å². The molecule has 2 aromatic rings. The fourth-order valence-corrected chi connectivity index (χ4v) is 3.87. The van der Waals surface area contributed by atoms with Crippen molar-refractivity contribution in [2.75, 3.05) is 5.32 Å². The number of aryl methyl sites for hydroxylation is 1. The summed E-state index contributed by atoms with van der Waals surface area (Å²) in [4.78, 5) is 16.6. The van der Waals surface area contributed by atoms with Gasteiger partial charge < -0.3 is 5.32 Å². The van der Waals surface area contributed by atoms with Crippen LogP contribution in [0.1, 0.15) is 25.8 Å². The number of nitrogens with zero attached hydrogens (tertiary/aromatic N) is 1. The average Bonchev–Trinajstić information content (AvgIpc) is 2.99. The molecule has 2 rings (SSSR count). The van der Waals surface area contributed by atoms with E-state index in [4.69, 9.17) is 0 Å². The second-order valence-electron chi connectivity index (χ2n) is 5.94. The molecule has 2 N–H and O–H groups in total. The molecule has 0 spiro atoms. The standard InChI is InChI=1S/C16H21N3O3S2/c1-11(2)10-14(15(20)18-16-17-8-9-23-16)19-24(21,22)13-6-4-12(3)5-7-13/h4-9,11,14,19H,10H2,1-3H3,(H,17,18,20)/t14-/m1/s1. The van der Waals surface area contributed by atoms with E-state index in [0.717, 1.165) is 5.56 Å². The summed E-state index contributed by atoms with van der Waals surface area (Å²) >= 11 is 1.28. The lowest BCUT2D eigenvalue weighted by Crippen LogP contribution is -2.44. The number of hydrogen-bond acceptors (Lipinski definition) is 5. The lowest BCUT2D eigenvalue weighted by molar-refractivity contribution is -0.118. The molecule has 0 aliphatic heterocycles. The Morgan fingerprint density at radius 2 is 1.92 bits per heavy atom. The van der Waals surface area contributed by atoms with Gasteiger partial charge in [-0.25, -0.2) is 13.4 Å². The Morgan fingerprint density at radius 3 is 2.46 bits per heavy atom. The molecule has 1 atom stereocenters. The van der Waals surface area contributed by atoms with Crippen molar-refractivity contribution in [2.24, 2.45) is 5.92 Å². The molecule has 0 aliphatic rings. The number of carbonyl (C=O) groups excluding carboxylic acids is 1.